The number of piperidine rings is 1. The van der Waals surface area contributed by atoms with E-state index in [1.807, 2.05) is 0 Å². The molecule has 0 saturated carbocycles. The molecule has 1 saturated heterocycles. The van der Waals surface area contributed by atoms with Gasteiger partial charge in [-0.3, -0.25) is 10.1 Å². The normalized spacial score (nSPS) is 16.9. The number of nitrogens with one attached hydrogen (secondary N) is 1. The summed E-state index contributed by atoms with van der Waals surface area (Å²) in [6.07, 6.45) is -1.15. The van der Waals surface area contributed by atoms with Crippen LogP contribution < -0.4 is 5.43 Å². The van der Waals surface area contributed by atoms with E-state index in [9.17, 15) is 23.3 Å². The second kappa shape index (κ2) is 5.61. The summed E-state index contributed by atoms with van der Waals surface area (Å²) in [6, 6.07) is 0.673. The second-order valence-electron chi connectivity index (χ2n) is 4.50. The number of nitro groups is 1. The predicted octanol–water partition coefficient (Wildman–Crippen LogP) is 2.82. The third-order valence-corrected chi connectivity index (χ3v) is 3.00. The summed E-state index contributed by atoms with van der Waals surface area (Å²) >= 11 is 0. The van der Waals surface area contributed by atoms with Crippen molar-refractivity contribution in [2.24, 2.45) is 0 Å². The minimum Gasteiger partial charge on any atom is -0.313 e. The highest BCUT2D eigenvalue weighted by Gasteiger charge is 2.34. The summed E-state index contributed by atoms with van der Waals surface area (Å²) in [4.78, 5) is 13.2. The minimum atomic E-state index is -4.63. The predicted molar refractivity (Wildman–Crippen MR) is 64.9 cm³/mol. The molecule has 0 aliphatic carbocycles. The standard InChI is InChI=1S/C11H13F3N4O2/c12-11(13,14)10-6-8(9(7-15-10)18(19)20)16-17-4-2-1-3-5-17/h6-7H,1-5H2,(H,15,16). The van der Waals surface area contributed by atoms with Gasteiger partial charge in [0.2, 0.25) is 0 Å². The lowest BCUT2D eigenvalue weighted by molar-refractivity contribution is -0.384. The van der Waals surface area contributed by atoms with Crippen LogP contribution in [0.1, 0.15) is 25.0 Å². The van der Waals surface area contributed by atoms with Gasteiger partial charge in [0.25, 0.3) is 0 Å². The molecule has 0 atom stereocenters. The average molecular weight is 290 g/mol. The van der Waals surface area contributed by atoms with Crippen molar-refractivity contribution in [1.29, 1.82) is 0 Å². The Kier molecular flexibility index (Phi) is 4.07. The molecule has 1 aromatic rings. The molecular weight excluding hydrogens is 277 g/mol. The molecule has 0 unspecified atom stereocenters. The van der Waals surface area contributed by atoms with E-state index in [4.69, 9.17) is 0 Å². The largest absolute Gasteiger partial charge is 0.433 e. The van der Waals surface area contributed by atoms with Gasteiger partial charge in [0.05, 0.1) is 4.92 Å². The van der Waals surface area contributed by atoms with Crippen molar-refractivity contribution in [1.82, 2.24) is 9.99 Å². The molecule has 1 fully saturated rings. The Labute approximate surface area is 112 Å². The zero-order chi connectivity index (χ0) is 14.8. The van der Waals surface area contributed by atoms with Gasteiger partial charge < -0.3 is 5.43 Å². The Hall–Kier alpha value is -1.90. The average Bonchev–Trinajstić information content (AvgIpc) is 2.38. The van der Waals surface area contributed by atoms with Crippen LogP contribution in [0.3, 0.4) is 0 Å². The van der Waals surface area contributed by atoms with Crippen LogP contribution in [-0.4, -0.2) is 28.0 Å². The summed E-state index contributed by atoms with van der Waals surface area (Å²) in [5.41, 5.74) is 0.894. The van der Waals surface area contributed by atoms with E-state index < -0.39 is 22.5 Å². The molecule has 2 heterocycles. The fraction of sp³-hybridized carbons (Fsp3) is 0.545. The molecule has 0 spiro atoms. The van der Waals surface area contributed by atoms with Gasteiger partial charge in [-0.25, -0.2) is 9.99 Å². The lowest BCUT2D eigenvalue weighted by Crippen LogP contribution is -2.35. The number of halogens is 3. The van der Waals surface area contributed by atoms with Crippen molar-refractivity contribution >= 4 is 11.4 Å². The molecule has 1 aromatic heterocycles. The lowest BCUT2D eigenvalue weighted by atomic mass is 10.2. The number of alkyl halides is 3. The van der Waals surface area contributed by atoms with Crippen LogP contribution in [0.5, 0.6) is 0 Å². The highest BCUT2D eigenvalue weighted by Crippen LogP contribution is 2.33. The molecule has 20 heavy (non-hydrogen) atoms. The maximum atomic E-state index is 12.6. The molecule has 0 aromatic carbocycles. The zero-order valence-electron chi connectivity index (χ0n) is 10.5. The lowest BCUT2D eigenvalue weighted by Gasteiger charge is -2.27. The van der Waals surface area contributed by atoms with E-state index in [2.05, 4.69) is 10.4 Å². The SMILES string of the molecule is O=[N+]([O-])c1cnc(C(F)(F)F)cc1NN1CCCCC1. The van der Waals surface area contributed by atoms with Crippen LogP contribution >= 0.6 is 0 Å². The van der Waals surface area contributed by atoms with Crippen LogP contribution in [0.4, 0.5) is 24.5 Å². The van der Waals surface area contributed by atoms with Crippen molar-refractivity contribution < 1.29 is 18.1 Å². The molecule has 0 amide bonds. The van der Waals surface area contributed by atoms with Gasteiger partial charge in [0, 0.05) is 19.2 Å². The smallest absolute Gasteiger partial charge is 0.313 e. The Morgan fingerprint density at radius 2 is 1.95 bits per heavy atom. The van der Waals surface area contributed by atoms with Gasteiger partial charge in [-0.2, -0.15) is 13.2 Å². The van der Waals surface area contributed by atoms with E-state index >= 15 is 0 Å². The van der Waals surface area contributed by atoms with Crippen molar-refractivity contribution in [3.8, 4) is 0 Å². The first kappa shape index (κ1) is 14.5. The van der Waals surface area contributed by atoms with Gasteiger partial charge in [0.1, 0.15) is 17.6 Å². The van der Waals surface area contributed by atoms with Crippen molar-refractivity contribution in [2.75, 3.05) is 18.5 Å². The van der Waals surface area contributed by atoms with E-state index in [1.54, 1.807) is 5.01 Å². The molecule has 0 bridgehead atoms. The molecule has 9 heteroatoms. The quantitative estimate of drug-likeness (QED) is 0.684. The van der Waals surface area contributed by atoms with Crippen LogP contribution in [-0.2, 0) is 6.18 Å². The number of hydrogen-bond donors (Lipinski definition) is 1. The monoisotopic (exact) mass is 290 g/mol. The first-order chi connectivity index (χ1) is 9.38. The van der Waals surface area contributed by atoms with E-state index in [1.165, 1.54) is 0 Å². The van der Waals surface area contributed by atoms with E-state index in [0.29, 0.717) is 25.4 Å². The summed E-state index contributed by atoms with van der Waals surface area (Å²) in [5, 5.41) is 12.5. The van der Waals surface area contributed by atoms with Gasteiger partial charge in [0.15, 0.2) is 0 Å². The van der Waals surface area contributed by atoms with Crippen LogP contribution in [0.15, 0.2) is 12.3 Å². The van der Waals surface area contributed by atoms with Crippen LogP contribution in [0, 0.1) is 10.1 Å². The summed E-state index contributed by atoms with van der Waals surface area (Å²) < 4.78 is 37.8. The molecule has 1 aliphatic heterocycles. The van der Waals surface area contributed by atoms with Gasteiger partial charge >= 0.3 is 11.9 Å². The summed E-state index contributed by atoms with van der Waals surface area (Å²) in [5.74, 6) is 0. The number of hydrogen-bond acceptors (Lipinski definition) is 5. The molecule has 0 radical (unpaired) electrons. The topological polar surface area (TPSA) is 71.3 Å². The summed E-state index contributed by atoms with van der Waals surface area (Å²) in [6.45, 7) is 1.28. The number of anilines is 1. The van der Waals surface area contributed by atoms with E-state index in [0.717, 1.165) is 19.3 Å². The minimum absolute atomic E-state index is 0.181. The number of rotatable bonds is 3. The van der Waals surface area contributed by atoms with Gasteiger partial charge in [-0.05, 0) is 12.8 Å². The Morgan fingerprint density at radius 3 is 2.50 bits per heavy atom. The van der Waals surface area contributed by atoms with Crippen LogP contribution in [0.25, 0.3) is 0 Å². The number of pyridine rings is 1. The number of hydrazine groups is 1. The third kappa shape index (κ3) is 3.35. The van der Waals surface area contributed by atoms with Gasteiger partial charge in [-0.1, -0.05) is 6.42 Å². The molecule has 1 aliphatic rings. The Bertz CT molecular complexity index is 501. The Morgan fingerprint density at radius 1 is 1.30 bits per heavy atom. The Balaban J connectivity index is 2.29. The third-order valence-electron chi connectivity index (χ3n) is 3.00. The molecule has 2 rings (SSSR count). The zero-order valence-corrected chi connectivity index (χ0v) is 10.5. The maximum absolute atomic E-state index is 12.6. The molecule has 1 N–H and O–H groups in total. The van der Waals surface area contributed by atoms with Crippen molar-refractivity contribution in [3.63, 3.8) is 0 Å². The van der Waals surface area contributed by atoms with Crippen LogP contribution in [0.2, 0.25) is 0 Å². The highest BCUT2D eigenvalue weighted by molar-refractivity contribution is 5.60. The van der Waals surface area contributed by atoms with Gasteiger partial charge in [-0.15, -0.1) is 0 Å². The first-order valence-electron chi connectivity index (χ1n) is 6.11. The fourth-order valence-corrected chi connectivity index (χ4v) is 2.01. The first-order valence-corrected chi connectivity index (χ1v) is 6.11. The second-order valence-corrected chi connectivity index (χ2v) is 4.50. The summed E-state index contributed by atoms with van der Waals surface area (Å²) in [7, 11) is 0. The van der Waals surface area contributed by atoms with E-state index in [-0.39, 0.29) is 5.69 Å². The molecule has 110 valence electrons. The maximum Gasteiger partial charge on any atom is 0.433 e. The van der Waals surface area contributed by atoms with Crippen molar-refractivity contribution in [3.05, 3.63) is 28.1 Å². The van der Waals surface area contributed by atoms with Crippen molar-refractivity contribution in [2.45, 2.75) is 25.4 Å². The number of nitrogens with zero attached hydrogens (tertiary/aromatic N) is 3. The fourth-order valence-electron chi connectivity index (χ4n) is 2.01. The molecule has 6 nitrogen and oxygen atoms in total. The highest BCUT2D eigenvalue weighted by atomic mass is 19.4. The number of aromatic nitrogens is 1. The molecular formula is C11H13F3N4O2.